The lowest BCUT2D eigenvalue weighted by molar-refractivity contribution is -0.117. The quantitative estimate of drug-likeness (QED) is 0.627. The second kappa shape index (κ2) is 7.62. The average Bonchev–Trinajstić information content (AvgIpc) is 2.92. The van der Waals surface area contributed by atoms with Gasteiger partial charge in [-0.15, -0.1) is 6.58 Å². The summed E-state index contributed by atoms with van der Waals surface area (Å²) in [5.41, 5.74) is 4.57. The zero-order chi connectivity index (χ0) is 17.8. The topological polar surface area (TPSA) is 34.4 Å². The minimum atomic E-state index is -0.120. The minimum Gasteiger partial charge on any atom is -0.313 e. The van der Waals surface area contributed by atoms with Crippen LogP contribution in [0.2, 0.25) is 0 Å². The van der Waals surface area contributed by atoms with E-state index in [0.717, 1.165) is 27.0 Å². The van der Waals surface area contributed by atoms with Gasteiger partial charge in [0, 0.05) is 6.54 Å². The van der Waals surface area contributed by atoms with Crippen LogP contribution in [0.4, 0.5) is 0 Å². The Labute approximate surface area is 152 Å². The van der Waals surface area contributed by atoms with E-state index in [2.05, 4.69) is 55.8 Å². The molecule has 4 heteroatoms. The van der Waals surface area contributed by atoms with E-state index >= 15 is 0 Å². The van der Waals surface area contributed by atoms with Gasteiger partial charge in [0.05, 0.1) is 16.6 Å². The molecule has 1 heterocycles. The van der Waals surface area contributed by atoms with Crippen LogP contribution < -0.4 is 4.80 Å². The first-order valence-corrected chi connectivity index (χ1v) is 9.28. The Bertz CT molecular complexity index is 977. The number of fused-ring (bicyclic) bond motifs is 1. The molecule has 1 amide bonds. The molecule has 2 aromatic carbocycles. The number of carbonyl (C=O) groups is 1. The lowest BCUT2D eigenvalue weighted by atomic mass is 10.1. The average molecular weight is 350 g/mol. The summed E-state index contributed by atoms with van der Waals surface area (Å²) in [6.45, 7) is 8.65. The number of aromatic nitrogens is 1. The largest absolute Gasteiger partial charge is 0.313 e. The van der Waals surface area contributed by atoms with Crippen molar-refractivity contribution in [1.82, 2.24) is 4.57 Å². The molecular weight excluding hydrogens is 328 g/mol. The zero-order valence-electron chi connectivity index (χ0n) is 14.7. The molecule has 128 valence electrons. The Kier molecular flexibility index (Phi) is 5.29. The molecular formula is C21H22N2OS. The van der Waals surface area contributed by atoms with Gasteiger partial charge >= 0.3 is 0 Å². The maximum Gasteiger partial charge on any atom is 0.252 e. The molecule has 0 fully saturated rings. The first kappa shape index (κ1) is 17.4. The predicted octanol–water partition coefficient (Wildman–Crippen LogP) is 4.43. The molecule has 0 atom stereocenters. The van der Waals surface area contributed by atoms with Crippen LogP contribution in [0.3, 0.4) is 0 Å². The summed E-state index contributed by atoms with van der Waals surface area (Å²) in [7, 11) is 0. The number of nitrogens with zero attached hydrogens (tertiary/aromatic N) is 2. The number of benzene rings is 2. The Balaban J connectivity index is 1.94. The van der Waals surface area contributed by atoms with Crippen molar-refractivity contribution in [2.45, 2.75) is 33.2 Å². The molecule has 3 nitrogen and oxygen atoms in total. The summed E-state index contributed by atoms with van der Waals surface area (Å²) in [6.07, 6.45) is 3.16. The summed E-state index contributed by atoms with van der Waals surface area (Å²) >= 11 is 1.55. The van der Waals surface area contributed by atoms with Crippen molar-refractivity contribution < 1.29 is 4.79 Å². The van der Waals surface area contributed by atoms with Crippen LogP contribution in [0.1, 0.15) is 23.6 Å². The van der Waals surface area contributed by atoms with Gasteiger partial charge in [0.15, 0.2) is 4.80 Å². The van der Waals surface area contributed by atoms with Crippen molar-refractivity contribution >= 4 is 27.5 Å². The van der Waals surface area contributed by atoms with Gasteiger partial charge in [0.25, 0.3) is 5.91 Å². The Morgan fingerprint density at radius 3 is 2.60 bits per heavy atom. The second-order valence-electron chi connectivity index (χ2n) is 6.11. The van der Waals surface area contributed by atoms with E-state index in [-0.39, 0.29) is 5.91 Å². The van der Waals surface area contributed by atoms with E-state index in [0.29, 0.717) is 13.0 Å². The van der Waals surface area contributed by atoms with Crippen molar-refractivity contribution in [3.05, 3.63) is 76.6 Å². The minimum absolute atomic E-state index is 0.120. The number of carbonyl (C=O) groups excluding carboxylic acids is 1. The third-order valence-electron chi connectivity index (χ3n) is 4.16. The van der Waals surface area contributed by atoms with Gasteiger partial charge in [-0.05, 0) is 42.2 Å². The fraction of sp³-hybridized carbons (Fsp3) is 0.238. The number of amides is 1. The highest BCUT2D eigenvalue weighted by Gasteiger charge is 2.08. The van der Waals surface area contributed by atoms with E-state index in [1.54, 1.807) is 11.3 Å². The van der Waals surface area contributed by atoms with Crippen LogP contribution in [-0.4, -0.2) is 10.5 Å². The lowest BCUT2D eigenvalue weighted by Gasteiger charge is -2.02. The van der Waals surface area contributed by atoms with E-state index in [1.165, 1.54) is 11.1 Å². The second-order valence-corrected chi connectivity index (χ2v) is 7.12. The predicted molar refractivity (Wildman–Crippen MR) is 105 cm³/mol. The molecule has 0 aliphatic carbocycles. The molecule has 1 aromatic heterocycles. The fourth-order valence-electron chi connectivity index (χ4n) is 2.78. The molecule has 0 spiro atoms. The van der Waals surface area contributed by atoms with Crippen molar-refractivity contribution in [2.24, 2.45) is 4.99 Å². The molecule has 3 rings (SSSR count). The molecule has 3 aromatic rings. The van der Waals surface area contributed by atoms with Gasteiger partial charge < -0.3 is 4.57 Å². The highest BCUT2D eigenvalue weighted by molar-refractivity contribution is 7.16. The van der Waals surface area contributed by atoms with Crippen LogP contribution in [0.15, 0.2) is 60.1 Å². The van der Waals surface area contributed by atoms with Crippen LogP contribution in [0.25, 0.3) is 10.2 Å². The van der Waals surface area contributed by atoms with Crippen LogP contribution >= 0.6 is 11.3 Å². The van der Waals surface area contributed by atoms with Gasteiger partial charge in [-0.1, -0.05) is 54.7 Å². The Hall–Kier alpha value is -2.46. The number of aryl methyl sites for hydroxylation is 2. The summed E-state index contributed by atoms with van der Waals surface area (Å²) in [4.78, 5) is 17.5. The van der Waals surface area contributed by atoms with Crippen molar-refractivity contribution in [1.29, 1.82) is 0 Å². The Morgan fingerprint density at radius 2 is 1.92 bits per heavy atom. The third-order valence-corrected chi connectivity index (χ3v) is 5.20. The number of allylic oxidation sites excluding steroid dienone is 1. The standard InChI is InChI=1S/C21H22N2OS/c1-4-12-23-18-11-6-15(3)13-19(18)25-21(23)22-20(24)14-17-9-7-16(5-2)8-10-17/h4,6-11,13H,1,5,12,14H2,2-3H3. The number of thiazole rings is 1. The lowest BCUT2D eigenvalue weighted by Crippen LogP contribution is -2.16. The molecule has 0 radical (unpaired) electrons. The SMILES string of the molecule is C=CCn1c(=NC(=O)Cc2ccc(CC)cc2)sc2cc(C)ccc21. The van der Waals surface area contributed by atoms with Gasteiger partial charge in [-0.25, -0.2) is 0 Å². The van der Waals surface area contributed by atoms with Gasteiger partial charge in [0.1, 0.15) is 0 Å². The summed E-state index contributed by atoms with van der Waals surface area (Å²) in [5, 5.41) is 0. The van der Waals surface area contributed by atoms with Crippen molar-refractivity contribution in [2.75, 3.05) is 0 Å². The van der Waals surface area contributed by atoms with Crippen LogP contribution in [0, 0.1) is 6.92 Å². The summed E-state index contributed by atoms with van der Waals surface area (Å²) in [6, 6.07) is 14.5. The maximum absolute atomic E-state index is 12.4. The molecule has 0 saturated heterocycles. The van der Waals surface area contributed by atoms with Crippen molar-refractivity contribution in [3.8, 4) is 0 Å². The van der Waals surface area contributed by atoms with Crippen LogP contribution in [-0.2, 0) is 24.2 Å². The fourth-order valence-corrected chi connectivity index (χ4v) is 3.94. The van der Waals surface area contributed by atoms with Gasteiger partial charge in [0.2, 0.25) is 0 Å². The van der Waals surface area contributed by atoms with Gasteiger partial charge in [-0.3, -0.25) is 4.79 Å². The Morgan fingerprint density at radius 1 is 1.20 bits per heavy atom. The smallest absolute Gasteiger partial charge is 0.252 e. The van der Waals surface area contributed by atoms with E-state index < -0.39 is 0 Å². The number of hydrogen-bond donors (Lipinski definition) is 0. The highest BCUT2D eigenvalue weighted by Crippen LogP contribution is 2.19. The molecule has 0 aliphatic heterocycles. The number of rotatable bonds is 5. The highest BCUT2D eigenvalue weighted by atomic mass is 32.1. The molecule has 0 N–H and O–H groups in total. The summed E-state index contributed by atoms with van der Waals surface area (Å²) < 4.78 is 3.19. The van der Waals surface area contributed by atoms with E-state index in [4.69, 9.17) is 0 Å². The first-order valence-electron chi connectivity index (χ1n) is 8.47. The van der Waals surface area contributed by atoms with E-state index in [9.17, 15) is 4.79 Å². The normalized spacial score (nSPS) is 11.8. The molecule has 0 bridgehead atoms. The molecule has 0 unspecified atom stereocenters. The third kappa shape index (κ3) is 3.97. The maximum atomic E-state index is 12.4. The molecule has 0 aliphatic rings. The summed E-state index contributed by atoms with van der Waals surface area (Å²) in [5.74, 6) is -0.120. The van der Waals surface area contributed by atoms with Crippen molar-refractivity contribution in [3.63, 3.8) is 0 Å². The monoisotopic (exact) mass is 350 g/mol. The first-order chi connectivity index (χ1) is 12.1. The van der Waals surface area contributed by atoms with E-state index in [1.807, 2.05) is 22.8 Å². The van der Waals surface area contributed by atoms with Crippen LogP contribution in [0.5, 0.6) is 0 Å². The molecule has 25 heavy (non-hydrogen) atoms. The molecule has 0 saturated carbocycles. The zero-order valence-corrected chi connectivity index (χ0v) is 15.5. The number of hydrogen-bond acceptors (Lipinski definition) is 2. The van der Waals surface area contributed by atoms with Gasteiger partial charge in [-0.2, -0.15) is 4.99 Å².